The second-order valence-electron chi connectivity index (χ2n) is 6.56. The first-order valence-electron chi connectivity index (χ1n) is 9.23. The van der Waals surface area contributed by atoms with Crippen LogP contribution in [0.1, 0.15) is 16.1 Å². The Hall–Kier alpha value is -4.46. The number of methoxy groups -OCH3 is 1. The maximum absolute atomic E-state index is 12.8. The Labute approximate surface area is 176 Å². The summed E-state index contributed by atoms with van der Waals surface area (Å²) < 4.78 is 10.4. The van der Waals surface area contributed by atoms with E-state index in [2.05, 4.69) is 10.1 Å². The number of amides is 4. The van der Waals surface area contributed by atoms with E-state index in [1.165, 1.54) is 13.2 Å². The fourth-order valence-corrected chi connectivity index (χ4v) is 3.09. The number of barbiturate groups is 1. The SMILES string of the molecule is COC(=O)c1ccc(-c2ccc(/C=C3\C(=O)NC(=O)N(c4ccccc4)C3=O)o2)cc1. The number of para-hydroxylation sites is 1. The fraction of sp³-hybridized carbons (Fsp3) is 0.0435. The molecule has 0 radical (unpaired) electrons. The Kier molecular flexibility index (Phi) is 5.19. The summed E-state index contributed by atoms with van der Waals surface area (Å²) in [5.74, 6) is -1.27. The molecule has 0 saturated carbocycles. The molecule has 1 saturated heterocycles. The molecule has 4 rings (SSSR count). The molecule has 0 atom stereocenters. The molecule has 2 heterocycles. The van der Waals surface area contributed by atoms with Gasteiger partial charge >= 0.3 is 12.0 Å². The molecule has 0 aliphatic carbocycles. The van der Waals surface area contributed by atoms with Gasteiger partial charge in [0, 0.05) is 5.56 Å². The molecule has 0 bridgehead atoms. The molecule has 1 N–H and O–H groups in total. The second-order valence-corrected chi connectivity index (χ2v) is 6.56. The minimum absolute atomic E-state index is 0.231. The van der Waals surface area contributed by atoms with Crippen LogP contribution >= 0.6 is 0 Å². The topological polar surface area (TPSA) is 106 Å². The summed E-state index contributed by atoms with van der Waals surface area (Å²) >= 11 is 0. The van der Waals surface area contributed by atoms with E-state index in [1.54, 1.807) is 66.7 Å². The quantitative estimate of drug-likeness (QED) is 0.397. The zero-order chi connectivity index (χ0) is 22.0. The number of rotatable bonds is 4. The van der Waals surface area contributed by atoms with E-state index < -0.39 is 23.8 Å². The average Bonchev–Trinajstić information content (AvgIpc) is 3.25. The normalized spacial score (nSPS) is 15.2. The van der Waals surface area contributed by atoms with Crippen molar-refractivity contribution in [1.82, 2.24) is 5.32 Å². The molecule has 31 heavy (non-hydrogen) atoms. The molecular formula is C23H16N2O6. The molecule has 1 fully saturated rings. The first kappa shape index (κ1) is 19.8. The zero-order valence-electron chi connectivity index (χ0n) is 16.3. The number of esters is 1. The minimum Gasteiger partial charge on any atom is -0.465 e. The molecule has 1 aromatic heterocycles. The Morgan fingerprint density at radius 1 is 0.968 bits per heavy atom. The molecule has 3 aromatic rings. The lowest BCUT2D eigenvalue weighted by Crippen LogP contribution is -2.54. The van der Waals surface area contributed by atoms with Crippen LogP contribution in [0.4, 0.5) is 10.5 Å². The number of anilines is 1. The highest BCUT2D eigenvalue weighted by molar-refractivity contribution is 6.39. The Bertz CT molecular complexity index is 1210. The number of nitrogens with zero attached hydrogens (tertiary/aromatic N) is 1. The number of imide groups is 2. The van der Waals surface area contributed by atoms with Crippen molar-refractivity contribution < 1.29 is 28.3 Å². The first-order chi connectivity index (χ1) is 15.0. The highest BCUT2D eigenvalue weighted by Gasteiger charge is 2.36. The summed E-state index contributed by atoms with van der Waals surface area (Å²) in [5, 5.41) is 2.16. The zero-order valence-corrected chi connectivity index (χ0v) is 16.3. The lowest BCUT2D eigenvalue weighted by Gasteiger charge is -2.26. The van der Waals surface area contributed by atoms with E-state index in [1.807, 2.05) is 0 Å². The van der Waals surface area contributed by atoms with Crippen molar-refractivity contribution in [2.45, 2.75) is 0 Å². The average molecular weight is 416 g/mol. The van der Waals surface area contributed by atoms with E-state index in [-0.39, 0.29) is 11.3 Å². The maximum Gasteiger partial charge on any atom is 0.337 e. The Morgan fingerprint density at radius 3 is 2.35 bits per heavy atom. The third-order valence-corrected chi connectivity index (χ3v) is 4.62. The van der Waals surface area contributed by atoms with Crippen LogP contribution in [0.5, 0.6) is 0 Å². The number of carbonyl (C=O) groups is 4. The van der Waals surface area contributed by atoms with Crippen LogP contribution in [-0.2, 0) is 14.3 Å². The Morgan fingerprint density at radius 2 is 1.68 bits per heavy atom. The van der Waals surface area contributed by atoms with Crippen molar-refractivity contribution in [3.63, 3.8) is 0 Å². The largest absolute Gasteiger partial charge is 0.465 e. The standard InChI is InChI=1S/C23H16N2O6/c1-30-22(28)15-9-7-14(8-10-15)19-12-11-17(31-19)13-18-20(26)24-23(29)25(21(18)27)16-5-3-2-4-6-16/h2-13H,1H3,(H,24,26,29)/b18-13+. The summed E-state index contributed by atoms with van der Waals surface area (Å²) in [5.41, 5.74) is 1.20. The summed E-state index contributed by atoms with van der Waals surface area (Å²) in [6.07, 6.45) is 1.28. The van der Waals surface area contributed by atoms with Gasteiger partial charge < -0.3 is 9.15 Å². The van der Waals surface area contributed by atoms with E-state index in [9.17, 15) is 19.2 Å². The van der Waals surface area contributed by atoms with Crippen LogP contribution in [-0.4, -0.2) is 30.9 Å². The van der Waals surface area contributed by atoms with Crippen molar-refractivity contribution in [3.8, 4) is 11.3 Å². The number of benzene rings is 2. The highest BCUT2D eigenvalue weighted by Crippen LogP contribution is 2.26. The lowest BCUT2D eigenvalue weighted by atomic mass is 10.1. The summed E-state index contributed by atoms with van der Waals surface area (Å²) in [6.45, 7) is 0. The molecule has 4 amide bonds. The van der Waals surface area contributed by atoms with Crippen molar-refractivity contribution in [1.29, 1.82) is 0 Å². The van der Waals surface area contributed by atoms with E-state index in [0.717, 1.165) is 4.90 Å². The smallest absolute Gasteiger partial charge is 0.337 e. The van der Waals surface area contributed by atoms with Crippen LogP contribution in [0.3, 0.4) is 0 Å². The molecule has 8 heteroatoms. The van der Waals surface area contributed by atoms with Gasteiger partial charge in [-0.25, -0.2) is 14.5 Å². The number of hydrogen-bond donors (Lipinski definition) is 1. The Balaban J connectivity index is 1.62. The summed E-state index contributed by atoms with van der Waals surface area (Å²) in [7, 11) is 1.30. The number of hydrogen-bond acceptors (Lipinski definition) is 6. The van der Waals surface area contributed by atoms with E-state index >= 15 is 0 Å². The van der Waals surface area contributed by atoms with Gasteiger partial charge in [-0.05, 0) is 42.5 Å². The van der Waals surface area contributed by atoms with E-state index in [0.29, 0.717) is 22.6 Å². The third kappa shape index (κ3) is 3.86. The maximum atomic E-state index is 12.8. The van der Waals surface area contributed by atoms with Gasteiger partial charge in [-0.15, -0.1) is 0 Å². The minimum atomic E-state index is -0.816. The van der Waals surface area contributed by atoms with Gasteiger partial charge in [0.25, 0.3) is 11.8 Å². The molecule has 0 unspecified atom stereocenters. The molecule has 154 valence electrons. The van der Waals surface area contributed by atoms with Crippen LogP contribution in [0.15, 0.2) is 76.7 Å². The number of urea groups is 1. The van der Waals surface area contributed by atoms with Gasteiger partial charge in [-0.1, -0.05) is 30.3 Å². The number of carbonyl (C=O) groups excluding carboxylic acids is 4. The molecule has 1 aliphatic heterocycles. The van der Waals surface area contributed by atoms with Crippen molar-refractivity contribution >= 4 is 35.6 Å². The van der Waals surface area contributed by atoms with Gasteiger partial charge in [0.1, 0.15) is 17.1 Å². The van der Waals surface area contributed by atoms with Crippen LogP contribution in [0.2, 0.25) is 0 Å². The fourth-order valence-electron chi connectivity index (χ4n) is 3.09. The lowest BCUT2D eigenvalue weighted by molar-refractivity contribution is -0.122. The predicted octanol–water partition coefficient (Wildman–Crippen LogP) is 3.40. The number of furan rings is 1. The molecule has 8 nitrogen and oxygen atoms in total. The molecule has 1 aliphatic rings. The van der Waals surface area contributed by atoms with Gasteiger partial charge in [-0.3, -0.25) is 14.9 Å². The number of nitrogens with one attached hydrogen (secondary N) is 1. The van der Waals surface area contributed by atoms with Crippen molar-refractivity contribution in [3.05, 3.63) is 83.6 Å². The van der Waals surface area contributed by atoms with Gasteiger partial charge in [0.05, 0.1) is 18.4 Å². The van der Waals surface area contributed by atoms with Crippen molar-refractivity contribution in [2.75, 3.05) is 12.0 Å². The first-order valence-corrected chi connectivity index (χ1v) is 9.23. The molecular weight excluding hydrogens is 400 g/mol. The molecule has 2 aromatic carbocycles. The highest BCUT2D eigenvalue weighted by atomic mass is 16.5. The monoisotopic (exact) mass is 416 g/mol. The van der Waals surface area contributed by atoms with Gasteiger partial charge in [-0.2, -0.15) is 0 Å². The second kappa shape index (κ2) is 8.11. The van der Waals surface area contributed by atoms with E-state index in [4.69, 9.17) is 4.42 Å². The van der Waals surface area contributed by atoms with Crippen molar-refractivity contribution in [2.24, 2.45) is 0 Å². The van der Waals surface area contributed by atoms with Gasteiger partial charge in [0.2, 0.25) is 0 Å². The van der Waals surface area contributed by atoms with Crippen LogP contribution in [0.25, 0.3) is 17.4 Å². The molecule has 0 spiro atoms. The number of ether oxygens (including phenoxy) is 1. The predicted molar refractivity (Wildman–Crippen MR) is 111 cm³/mol. The van der Waals surface area contributed by atoms with Gasteiger partial charge in [0.15, 0.2) is 0 Å². The third-order valence-electron chi connectivity index (χ3n) is 4.62. The van der Waals surface area contributed by atoms with Crippen LogP contribution in [0, 0.1) is 0 Å². The summed E-state index contributed by atoms with van der Waals surface area (Å²) in [6, 6.07) is 17.3. The van der Waals surface area contributed by atoms with Crippen LogP contribution < -0.4 is 10.2 Å². The summed E-state index contributed by atoms with van der Waals surface area (Å²) in [4.78, 5) is 49.7.